The molecule has 2 saturated carbocycles. The minimum Gasteiger partial charge on any atom is -0.616 e. The number of aliphatic hydroxyl groups is 1. The first kappa shape index (κ1) is 31.5. The van der Waals surface area contributed by atoms with E-state index in [1.165, 1.54) is 16.7 Å². The summed E-state index contributed by atoms with van der Waals surface area (Å²) in [5, 5.41) is 21.2. The van der Waals surface area contributed by atoms with E-state index in [0.29, 0.717) is 41.8 Å². The molecule has 7 atom stereocenters. The monoisotopic (exact) mass is 606 g/mol. The Morgan fingerprint density at radius 1 is 0.976 bits per heavy atom. The van der Waals surface area contributed by atoms with Gasteiger partial charge in [-0.25, -0.2) is 0 Å². The number of rotatable bonds is 12. The molecule has 0 radical (unpaired) electrons. The van der Waals surface area contributed by atoms with Crippen LogP contribution in [0.5, 0.6) is 11.5 Å². The molecule has 8 heteroatoms. The van der Waals surface area contributed by atoms with Gasteiger partial charge >= 0.3 is 6.18 Å². The molecule has 3 aliphatic carbocycles. The van der Waals surface area contributed by atoms with Gasteiger partial charge in [0.05, 0.1) is 12.7 Å². The summed E-state index contributed by atoms with van der Waals surface area (Å²) < 4.78 is 54.6. The highest BCUT2D eigenvalue weighted by atomic mass is 32.2. The van der Waals surface area contributed by atoms with E-state index in [9.17, 15) is 27.9 Å². The lowest BCUT2D eigenvalue weighted by atomic mass is 9.51. The highest BCUT2D eigenvalue weighted by molar-refractivity contribution is 7.91. The van der Waals surface area contributed by atoms with Crippen LogP contribution in [0.25, 0.3) is 0 Å². The van der Waals surface area contributed by atoms with Crippen molar-refractivity contribution in [2.45, 2.75) is 102 Å². The third-order valence-corrected chi connectivity index (χ3v) is 11.8. The molecule has 2 aromatic carbocycles. The largest absolute Gasteiger partial charge is 0.616 e. The number of hydrogen-bond acceptors (Lipinski definition) is 4. The van der Waals surface area contributed by atoms with E-state index in [4.69, 9.17) is 4.74 Å². The van der Waals surface area contributed by atoms with Crippen molar-refractivity contribution in [2.24, 2.45) is 17.3 Å². The fourth-order valence-corrected chi connectivity index (χ4v) is 9.45. The second-order valence-corrected chi connectivity index (χ2v) is 14.7. The van der Waals surface area contributed by atoms with Gasteiger partial charge in [-0.05, 0) is 128 Å². The molecule has 0 saturated heterocycles. The molecule has 2 N–H and O–H groups in total. The quantitative estimate of drug-likeness (QED) is 0.190. The first-order valence-electron chi connectivity index (χ1n) is 15.7. The second-order valence-electron chi connectivity index (χ2n) is 13.0. The fraction of sp³-hybridized carbons (Fsp3) is 0.647. The number of halogens is 3. The Balaban J connectivity index is 1.13. The van der Waals surface area contributed by atoms with Gasteiger partial charge in [-0.3, -0.25) is 0 Å². The molecular weight excluding hydrogens is 561 g/mol. The van der Waals surface area contributed by atoms with E-state index in [1.807, 2.05) is 12.1 Å². The number of ether oxygens (including phenoxy) is 1. The lowest BCUT2D eigenvalue weighted by molar-refractivity contribution is -0.134. The summed E-state index contributed by atoms with van der Waals surface area (Å²) in [4.78, 5) is 0. The van der Waals surface area contributed by atoms with Crippen molar-refractivity contribution in [1.29, 1.82) is 0 Å². The Kier molecular flexibility index (Phi) is 10.1. The first-order chi connectivity index (χ1) is 20.0. The molecular formula is C34H45F3O4S. The number of aryl methyl sites for hydroxylation is 1. The number of benzene rings is 2. The number of hydrogen-bond donors (Lipinski definition) is 2. The van der Waals surface area contributed by atoms with Crippen molar-refractivity contribution in [1.82, 2.24) is 0 Å². The molecule has 2 fully saturated rings. The Morgan fingerprint density at radius 2 is 1.71 bits per heavy atom. The van der Waals surface area contributed by atoms with Crippen LogP contribution in [0.4, 0.5) is 13.2 Å². The molecule has 0 bridgehead atoms. The van der Waals surface area contributed by atoms with E-state index >= 15 is 0 Å². The Labute approximate surface area is 251 Å². The summed E-state index contributed by atoms with van der Waals surface area (Å²) in [6.45, 7) is 2.89. The van der Waals surface area contributed by atoms with Crippen LogP contribution in [0.15, 0.2) is 42.5 Å². The van der Waals surface area contributed by atoms with Crippen molar-refractivity contribution in [3.63, 3.8) is 0 Å². The van der Waals surface area contributed by atoms with Gasteiger partial charge in [0.2, 0.25) is 0 Å². The maximum atomic E-state index is 12.2. The van der Waals surface area contributed by atoms with Crippen LogP contribution in [0.2, 0.25) is 0 Å². The van der Waals surface area contributed by atoms with Crippen LogP contribution in [-0.2, 0) is 17.6 Å². The zero-order valence-electron chi connectivity index (χ0n) is 24.6. The molecule has 2 aromatic rings. The summed E-state index contributed by atoms with van der Waals surface area (Å²) in [5.74, 6) is 3.46. The van der Waals surface area contributed by atoms with Crippen LogP contribution >= 0.6 is 0 Å². The fourth-order valence-electron chi connectivity index (χ4n) is 8.25. The molecule has 0 heterocycles. The molecule has 0 amide bonds. The van der Waals surface area contributed by atoms with Gasteiger partial charge in [0.1, 0.15) is 23.0 Å². The SMILES string of the molecule is C[C@]12C[C@H](c3ccc(OCCCCCC[S+]([O-])CCCC(F)(F)F)cc3)[C@@H]3c4ccc(O)cc4CC[C@H]3[C@@H]1CC[C@@H]2O. The van der Waals surface area contributed by atoms with E-state index in [2.05, 4.69) is 37.3 Å². The van der Waals surface area contributed by atoms with Crippen molar-refractivity contribution < 1.29 is 32.7 Å². The number of aromatic hydroxyl groups is 1. The molecule has 42 heavy (non-hydrogen) atoms. The minimum atomic E-state index is -4.17. The molecule has 0 aromatic heterocycles. The number of phenols is 1. The standard InChI is InChI=1S/C34H45F3O4S/c1-33-22-29(32-27-14-10-25(38)21-24(27)9-13-28(32)30(33)15-16-31(33)39)23-7-11-26(12-8-23)41-18-4-2-3-5-19-42(40)20-6-17-34(35,36)37/h7-8,10-12,14,21,28-32,38-39H,2-6,9,13,15-20,22H2,1H3/t28-,29+,30-,31-,32+,33-,42?/m0/s1. The van der Waals surface area contributed by atoms with Crippen LogP contribution in [-0.4, -0.2) is 45.2 Å². The summed E-state index contributed by atoms with van der Waals surface area (Å²) in [6, 6.07) is 14.4. The van der Waals surface area contributed by atoms with Crippen LogP contribution in [0.3, 0.4) is 0 Å². The Hall–Kier alpha value is -1.90. The second kappa shape index (κ2) is 13.4. The lowest BCUT2D eigenvalue weighted by Crippen LogP contribution is -2.47. The van der Waals surface area contributed by atoms with Crippen molar-refractivity contribution in [3.05, 3.63) is 59.2 Å². The Morgan fingerprint density at radius 3 is 2.48 bits per heavy atom. The summed E-state index contributed by atoms with van der Waals surface area (Å²) in [7, 11) is 0. The smallest absolute Gasteiger partial charge is 0.389 e. The maximum absolute atomic E-state index is 12.2. The van der Waals surface area contributed by atoms with Gasteiger partial charge < -0.3 is 19.5 Å². The maximum Gasteiger partial charge on any atom is 0.389 e. The average molecular weight is 607 g/mol. The molecule has 232 valence electrons. The summed E-state index contributed by atoms with van der Waals surface area (Å²) in [6.07, 6.45) is 3.09. The van der Waals surface area contributed by atoms with Gasteiger partial charge in [0, 0.05) is 12.8 Å². The zero-order chi connectivity index (χ0) is 29.9. The van der Waals surface area contributed by atoms with Gasteiger partial charge in [-0.15, -0.1) is 0 Å². The van der Waals surface area contributed by atoms with E-state index in [0.717, 1.165) is 63.5 Å². The van der Waals surface area contributed by atoms with Gasteiger partial charge in [-0.2, -0.15) is 13.2 Å². The van der Waals surface area contributed by atoms with Gasteiger partial charge in [0.15, 0.2) is 0 Å². The highest BCUT2D eigenvalue weighted by Crippen LogP contribution is 2.65. The molecule has 3 aliphatic rings. The lowest BCUT2D eigenvalue weighted by Gasteiger charge is -2.54. The number of aliphatic hydroxyl groups excluding tert-OH is 1. The average Bonchev–Trinajstić information content (AvgIpc) is 3.25. The number of phenolic OH excluding ortho intramolecular Hbond substituents is 1. The summed E-state index contributed by atoms with van der Waals surface area (Å²) in [5.41, 5.74) is 3.82. The molecule has 4 nitrogen and oxygen atoms in total. The first-order valence-corrected chi connectivity index (χ1v) is 17.2. The number of fused-ring (bicyclic) bond motifs is 5. The van der Waals surface area contributed by atoms with Crippen LogP contribution in [0.1, 0.15) is 99.7 Å². The predicted octanol–water partition coefficient (Wildman–Crippen LogP) is 8.03. The highest BCUT2D eigenvalue weighted by Gasteiger charge is 2.57. The van der Waals surface area contributed by atoms with Gasteiger partial charge in [0.25, 0.3) is 0 Å². The van der Waals surface area contributed by atoms with Crippen LogP contribution in [0, 0.1) is 17.3 Å². The normalized spacial score (nSPS) is 29.4. The van der Waals surface area contributed by atoms with Crippen molar-refractivity contribution in [2.75, 3.05) is 18.1 Å². The van der Waals surface area contributed by atoms with Crippen molar-refractivity contribution >= 4 is 11.2 Å². The van der Waals surface area contributed by atoms with Crippen LogP contribution < -0.4 is 4.74 Å². The van der Waals surface area contributed by atoms with Gasteiger partial charge in [-0.1, -0.05) is 36.3 Å². The molecule has 0 aliphatic heterocycles. The van der Waals surface area contributed by atoms with Crippen molar-refractivity contribution in [3.8, 4) is 11.5 Å². The number of alkyl halides is 3. The number of unbranched alkanes of at least 4 members (excludes halogenated alkanes) is 3. The zero-order valence-corrected chi connectivity index (χ0v) is 25.4. The predicted molar refractivity (Wildman–Crippen MR) is 160 cm³/mol. The topological polar surface area (TPSA) is 72.8 Å². The van der Waals surface area contributed by atoms with E-state index in [-0.39, 0.29) is 23.7 Å². The van der Waals surface area contributed by atoms with E-state index in [1.54, 1.807) is 0 Å². The molecule has 1 unspecified atom stereocenters. The Bertz CT molecular complexity index is 1170. The third-order valence-electron chi connectivity index (χ3n) is 10.3. The minimum absolute atomic E-state index is 0.0651. The summed E-state index contributed by atoms with van der Waals surface area (Å²) >= 11 is -1.17. The molecule has 5 rings (SSSR count). The van der Waals surface area contributed by atoms with E-state index < -0.39 is 23.8 Å². The molecule has 0 spiro atoms. The third kappa shape index (κ3) is 7.24.